The number of rotatable bonds is 9. The second kappa shape index (κ2) is 8.69. The Kier molecular flexibility index (Phi) is 8.07. The highest BCUT2D eigenvalue weighted by Crippen LogP contribution is 2.02. The number of hydrogen-bond donors (Lipinski definition) is 1. The van der Waals surface area contributed by atoms with Crippen LogP contribution in [0.15, 0.2) is 12.2 Å². The maximum absolute atomic E-state index is 12.1. The molecular weight excluding hydrogens is 244 g/mol. The maximum Gasteiger partial charge on any atom is 0.317 e. The molecule has 1 amide bonds. The van der Waals surface area contributed by atoms with Crippen LogP contribution in [-0.4, -0.2) is 59.5 Å². The molecule has 0 atom stereocenters. The molecule has 0 aromatic carbocycles. The largest absolute Gasteiger partial charge is 0.480 e. The fraction of sp³-hybridized carbons (Fsp3) is 0.714. The first-order chi connectivity index (χ1) is 8.76. The lowest BCUT2D eigenvalue weighted by Crippen LogP contribution is -2.43. The predicted octanol–water partition coefficient (Wildman–Crippen LogP) is 1.45. The molecule has 0 heterocycles. The molecule has 0 spiro atoms. The Balaban J connectivity index is 4.57. The van der Waals surface area contributed by atoms with Gasteiger partial charge < -0.3 is 10.0 Å². The van der Waals surface area contributed by atoms with Gasteiger partial charge >= 0.3 is 5.97 Å². The molecule has 0 saturated carbocycles. The van der Waals surface area contributed by atoms with Crippen LogP contribution in [0.4, 0.5) is 0 Å². The highest BCUT2D eigenvalue weighted by Gasteiger charge is 2.18. The van der Waals surface area contributed by atoms with Crippen molar-refractivity contribution in [2.24, 2.45) is 5.92 Å². The van der Waals surface area contributed by atoms with Crippen LogP contribution in [0.1, 0.15) is 27.7 Å². The van der Waals surface area contributed by atoms with E-state index in [4.69, 9.17) is 5.11 Å². The monoisotopic (exact) mass is 270 g/mol. The fourth-order valence-corrected chi connectivity index (χ4v) is 1.89. The first kappa shape index (κ1) is 17.6. The van der Waals surface area contributed by atoms with Crippen LogP contribution in [0.3, 0.4) is 0 Å². The summed E-state index contributed by atoms with van der Waals surface area (Å²) < 4.78 is 0. The molecule has 5 heteroatoms. The molecule has 0 aromatic heterocycles. The third kappa shape index (κ3) is 8.37. The average molecular weight is 270 g/mol. The van der Waals surface area contributed by atoms with Gasteiger partial charge in [0.05, 0.1) is 13.1 Å². The van der Waals surface area contributed by atoms with Gasteiger partial charge in [-0.1, -0.05) is 26.0 Å². The van der Waals surface area contributed by atoms with Crippen LogP contribution in [0.25, 0.3) is 0 Å². The van der Waals surface area contributed by atoms with Gasteiger partial charge in [-0.3, -0.25) is 14.5 Å². The van der Waals surface area contributed by atoms with Crippen molar-refractivity contribution in [3.8, 4) is 0 Å². The molecule has 1 N–H and O–H groups in total. The highest BCUT2D eigenvalue weighted by molar-refractivity contribution is 5.79. The third-order valence-corrected chi connectivity index (χ3v) is 2.54. The number of carbonyl (C=O) groups excluding carboxylic acids is 1. The summed E-state index contributed by atoms with van der Waals surface area (Å²) in [5.41, 5.74) is 0.920. The minimum absolute atomic E-state index is 0.0487. The molecule has 0 saturated heterocycles. The fourth-order valence-electron chi connectivity index (χ4n) is 1.89. The van der Waals surface area contributed by atoms with E-state index in [9.17, 15) is 9.59 Å². The van der Waals surface area contributed by atoms with Crippen LogP contribution in [0.5, 0.6) is 0 Å². The van der Waals surface area contributed by atoms with E-state index in [0.717, 1.165) is 5.57 Å². The molecule has 0 aliphatic carbocycles. The minimum Gasteiger partial charge on any atom is -0.480 e. The topological polar surface area (TPSA) is 60.9 Å². The molecule has 19 heavy (non-hydrogen) atoms. The molecule has 110 valence electrons. The van der Waals surface area contributed by atoms with E-state index in [0.29, 0.717) is 25.6 Å². The van der Waals surface area contributed by atoms with Crippen LogP contribution < -0.4 is 0 Å². The van der Waals surface area contributed by atoms with Crippen molar-refractivity contribution in [3.05, 3.63) is 12.2 Å². The molecule has 0 bridgehead atoms. The minimum atomic E-state index is -0.906. The van der Waals surface area contributed by atoms with Crippen LogP contribution in [0, 0.1) is 5.92 Å². The maximum atomic E-state index is 12.1. The van der Waals surface area contributed by atoms with E-state index in [1.54, 1.807) is 9.80 Å². The number of nitrogens with zero attached hydrogens (tertiary/aromatic N) is 2. The van der Waals surface area contributed by atoms with Crippen molar-refractivity contribution in [1.29, 1.82) is 0 Å². The number of likely N-dealkylation sites (N-methyl/N-ethyl adjacent to an activating group) is 1. The second-order valence-electron chi connectivity index (χ2n) is 5.32. The van der Waals surface area contributed by atoms with E-state index in [1.165, 1.54) is 0 Å². The predicted molar refractivity (Wildman–Crippen MR) is 76.0 cm³/mol. The Bertz CT molecular complexity index is 327. The summed E-state index contributed by atoms with van der Waals surface area (Å²) in [6, 6.07) is 0. The first-order valence-electron chi connectivity index (χ1n) is 6.62. The van der Waals surface area contributed by atoms with Crippen molar-refractivity contribution in [2.45, 2.75) is 27.7 Å². The van der Waals surface area contributed by atoms with E-state index in [1.807, 2.05) is 27.7 Å². The normalized spacial score (nSPS) is 10.8. The van der Waals surface area contributed by atoms with E-state index >= 15 is 0 Å². The number of carboxylic acid groups (broad SMARTS) is 1. The van der Waals surface area contributed by atoms with Crippen LogP contribution in [-0.2, 0) is 9.59 Å². The Morgan fingerprint density at radius 1 is 1.21 bits per heavy atom. The summed E-state index contributed by atoms with van der Waals surface area (Å²) in [5.74, 6) is -0.632. The molecule has 0 unspecified atom stereocenters. The van der Waals surface area contributed by atoms with Gasteiger partial charge in [0, 0.05) is 19.6 Å². The third-order valence-electron chi connectivity index (χ3n) is 2.54. The number of carbonyl (C=O) groups is 2. The molecule has 0 radical (unpaired) electrons. The first-order valence-corrected chi connectivity index (χ1v) is 6.62. The van der Waals surface area contributed by atoms with Crippen molar-refractivity contribution in [1.82, 2.24) is 9.80 Å². The number of carboxylic acids is 1. The zero-order valence-electron chi connectivity index (χ0n) is 12.5. The van der Waals surface area contributed by atoms with E-state index in [2.05, 4.69) is 6.58 Å². The summed E-state index contributed by atoms with van der Waals surface area (Å²) in [6.45, 7) is 13.4. The zero-order valence-corrected chi connectivity index (χ0v) is 12.5. The second-order valence-corrected chi connectivity index (χ2v) is 5.32. The smallest absolute Gasteiger partial charge is 0.317 e. The van der Waals surface area contributed by atoms with Crippen LogP contribution >= 0.6 is 0 Å². The Morgan fingerprint density at radius 3 is 2.16 bits per heavy atom. The van der Waals surface area contributed by atoms with Crippen molar-refractivity contribution < 1.29 is 14.7 Å². The summed E-state index contributed by atoms with van der Waals surface area (Å²) in [6.07, 6.45) is 0. The Labute approximate surface area is 115 Å². The molecule has 5 nitrogen and oxygen atoms in total. The SMILES string of the molecule is C=C(C)CN(CC)C(=O)CN(CC(=O)O)CC(C)C. The van der Waals surface area contributed by atoms with Gasteiger partial charge in [-0.2, -0.15) is 0 Å². The number of amides is 1. The molecule has 0 aromatic rings. The summed E-state index contributed by atoms with van der Waals surface area (Å²) in [5, 5.41) is 8.87. The lowest BCUT2D eigenvalue weighted by molar-refractivity contribution is -0.139. The van der Waals surface area contributed by atoms with Crippen LogP contribution in [0.2, 0.25) is 0 Å². The average Bonchev–Trinajstić information content (AvgIpc) is 2.23. The standard InChI is InChI=1S/C14H26N2O3/c1-6-16(8-12(4)5)13(17)9-15(7-11(2)3)10-14(18)19/h11H,4,6-10H2,1-3,5H3,(H,18,19). The summed E-state index contributed by atoms with van der Waals surface area (Å²) in [4.78, 5) is 26.3. The van der Waals surface area contributed by atoms with E-state index in [-0.39, 0.29) is 19.0 Å². The van der Waals surface area contributed by atoms with Gasteiger partial charge in [-0.05, 0) is 19.8 Å². The van der Waals surface area contributed by atoms with Gasteiger partial charge in [-0.25, -0.2) is 0 Å². The molecular formula is C14H26N2O3. The van der Waals surface area contributed by atoms with Gasteiger partial charge in [0.15, 0.2) is 0 Å². The van der Waals surface area contributed by atoms with Gasteiger partial charge in [-0.15, -0.1) is 0 Å². The Hall–Kier alpha value is -1.36. The molecule has 0 aliphatic rings. The summed E-state index contributed by atoms with van der Waals surface area (Å²) >= 11 is 0. The van der Waals surface area contributed by atoms with Gasteiger partial charge in [0.25, 0.3) is 0 Å². The summed E-state index contributed by atoms with van der Waals surface area (Å²) in [7, 11) is 0. The van der Waals surface area contributed by atoms with Crippen molar-refractivity contribution in [2.75, 3.05) is 32.7 Å². The van der Waals surface area contributed by atoms with Crippen molar-refractivity contribution >= 4 is 11.9 Å². The zero-order chi connectivity index (χ0) is 15.0. The lowest BCUT2D eigenvalue weighted by atomic mass is 10.2. The Morgan fingerprint density at radius 2 is 1.79 bits per heavy atom. The molecule has 0 fully saturated rings. The highest BCUT2D eigenvalue weighted by atomic mass is 16.4. The van der Waals surface area contributed by atoms with Crippen molar-refractivity contribution in [3.63, 3.8) is 0 Å². The van der Waals surface area contributed by atoms with Gasteiger partial charge in [0.2, 0.25) is 5.91 Å². The number of hydrogen-bond acceptors (Lipinski definition) is 3. The molecule has 0 rings (SSSR count). The quantitative estimate of drug-likeness (QED) is 0.644. The van der Waals surface area contributed by atoms with Gasteiger partial charge in [0.1, 0.15) is 0 Å². The number of aliphatic carboxylic acids is 1. The lowest BCUT2D eigenvalue weighted by Gasteiger charge is -2.26. The van der Waals surface area contributed by atoms with E-state index < -0.39 is 5.97 Å². The molecule has 0 aliphatic heterocycles.